The summed E-state index contributed by atoms with van der Waals surface area (Å²) in [5.41, 5.74) is 1.06. The molecule has 0 atom stereocenters. The van der Waals surface area contributed by atoms with Crippen LogP contribution in [0.3, 0.4) is 0 Å². The molecule has 138 valence electrons. The molecule has 2 aromatic heterocycles. The highest BCUT2D eigenvalue weighted by Crippen LogP contribution is 2.19. The lowest BCUT2D eigenvalue weighted by Gasteiger charge is -2.33. The highest BCUT2D eigenvalue weighted by molar-refractivity contribution is 6.32. The smallest absolute Gasteiger partial charge is 0.289 e. The van der Waals surface area contributed by atoms with Crippen LogP contribution in [0.5, 0.6) is 0 Å². The molecule has 1 aliphatic rings. The minimum atomic E-state index is -0.161. The minimum absolute atomic E-state index is 0.157. The number of carbonyl (C=O) groups is 2. The second-order valence-corrected chi connectivity index (χ2v) is 6.57. The standard InChI is InChI=1S/C19H17ClN4O3/c20-14-4-1-2-5-16(14)24-8-7-15(21-24)18(25)22-9-11-23(12-10-22)19(26)17-6-3-13-27-17/h1-8,13H,9-12H2. The summed E-state index contributed by atoms with van der Waals surface area (Å²) < 4.78 is 6.74. The van der Waals surface area contributed by atoms with Gasteiger partial charge in [0, 0.05) is 32.4 Å². The van der Waals surface area contributed by atoms with Crippen LogP contribution in [0.4, 0.5) is 0 Å². The van der Waals surface area contributed by atoms with Crippen LogP contribution in [0, 0.1) is 0 Å². The average Bonchev–Trinajstić information content (AvgIpc) is 3.39. The van der Waals surface area contributed by atoms with Crippen molar-refractivity contribution in [2.24, 2.45) is 0 Å². The first-order valence-electron chi connectivity index (χ1n) is 8.56. The van der Waals surface area contributed by atoms with Gasteiger partial charge in [-0.25, -0.2) is 4.68 Å². The first-order valence-corrected chi connectivity index (χ1v) is 8.94. The van der Waals surface area contributed by atoms with Crippen LogP contribution >= 0.6 is 11.6 Å². The molecule has 4 rings (SSSR count). The zero-order chi connectivity index (χ0) is 18.8. The molecule has 0 bridgehead atoms. The molecular weight excluding hydrogens is 368 g/mol. The summed E-state index contributed by atoms with van der Waals surface area (Å²) in [6, 6.07) is 12.3. The van der Waals surface area contributed by atoms with E-state index in [0.717, 1.165) is 0 Å². The summed E-state index contributed by atoms with van der Waals surface area (Å²) >= 11 is 6.18. The first kappa shape index (κ1) is 17.4. The van der Waals surface area contributed by atoms with Crippen molar-refractivity contribution >= 4 is 23.4 Å². The van der Waals surface area contributed by atoms with Crippen molar-refractivity contribution in [3.05, 3.63) is 71.4 Å². The zero-order valence-corrected chi connectivity index (χ0v) is 15.2. The Morgan fingerprint density at radius 3 is 2.30 bits per heavy atom. The number of para-hydroxylation sites is 1. The monoisotopic (exact) mass is 384 g/mol. The van der Waals surface area contributed by atoms with Gasteiger partial charge in [0.25, 0.3) is 11.8 Å². The summed E-state index contributed by atoms with van der Waals surface area (Å²) in [5.74, 6) is -0.00532. The predicted octanol–water partition coefficient (Wildman–Crippen LogP) is 2.72. The van der Waals surface area contributed by atoms with Gasteiger partial charge in [-0.3, -0.25) is 9.59 Å². The third kappa shape index (κ3) is 3.46. The molecule has 0 unspecified atom stereocenters. The zero-order valence-electron chi connectivity index (χ0n) is 14.4. The van der Waals surface area contributed by atoms with Crippen LogP contribution in [0.2, 0.25) is 5.02 Å². The summed E-state index contributed by atoms with van der Waals surface area (Å²) in [7, 11) is 0. The molecule has 2 amide bonds. The van der Waals surface area contributed by atoms with E-state index in [2.05, 4.69) is 5.10 Å². The number of hydrogen-bond donors (Lipinski definition) is 0. The number of benzene rings is 1. The fourth-order valence-electron chi connectivity index (χ4n) is 3.04. The number of amides is 2. The van der Waals surface area contributed by atoms with Crippen molar-refractivity contribution in [1.82, 2.24) is 19.6 Å². The average molecular weight is 385 g/mol. The Labute approximate surface area is 160 Å². The van der Waals surface area contributed by atoms with E-state index in [4.69, 9.17) is 16.0 Å². The highest BCUT2D eigenvalue weighted by Gasteiger charge is 2.27. The lowest BCUT2D eigenvalue weighted by Crippen LogP contribution is -2.50. The number of halogens is 1. The van der Waals surface area contributed by atoms with Crippen LogP contribution in [0.1, 0.15) is 21.0 Å². The van der Waals surface area contributed by atoms with Gasteiger partial charge in [0.1, 0.15) is 0 Å². The van der Waals surface area contributed by atoms with E-state index < -0.39 is 0 Å². The van der Waals surface area contributed by atoms with Gasteiger partial charge in [0.15, 0.2) is 11.5 Å². The number of hydrogen-bond acceptors (Lipinski definition) is 4. The maximum atomic E-state index is 12.7. The Kier molecular flexibility index (Phi) is 4.68. The number of rotatable bonds is 3. The molecule has 0 saturated carbocycles. The van der Waals surface area contributed by atoms with Gasteiger partial charge in [-0.15, -0.1) is 0 Å². The first-order chi connectivity index (χ1) is 13.1. The van der Waals surface area contributed by atoms with E-state index in [1.54, 1.807) is 44.9 Å². The Morgan fingerprint density at radius 2 is 1.63 bits per heavy atom. The van der Waals surface area contributed by atoms with Crippen molar-refractivity contribution in [1.29, 1.82) is 0 Å². The quantitative estimate of drug-likeness (QED) is 0.696. The Balaban J connectivity index is 1.41. The van der Waals surface area contributed by atoms with Crippen LogP contribution in [-0.4, -0.2) is 57.6 Å². The summed E-state index contributed by atoms with van der Waals surface area (Å²) in [4.78, 5) is 28.4. The molecular formula is C19H17ClN4O3. The summed E-state index contributed by atoms with van der Waals surface area (Å²) in [6.45, 7) is 1.81. The lowest BCUT2D eigenvalue weighted by atomic mass is 10.2. The lowest BCUT2D eigenvalue weighted by molar-refractivity contribution is 0.0515. The van der Waals surface area contributed by atoms with Crippen molar-refractivity contribution in [2.75, 3.05) is 26.2 Å². The molecule has 1 fully saturated rings. The molecule has 1 saturated heterocycles. The van der Waals surface area contributed by atoms with Crippen molar-refractivity contribution in [2.45, 2.75) is 0 Å². The third-order valence-electron chi connectivity index (χ3n) is 4.49. The van der Waals surface area contributed by atoms with E-state index in [0.29, 0.717) is 48.3 Å². The van der Waals surface area contributed by atoms with Gasteiger partial charge in [-0.2, -0.15) is 5.10 Å². The van der Waals surface area contributed by atoms with Gasteiger partial charge in [0.05, 0.1) is 17.0 Å². The summed E-state index contributed by atoms with van der Waals surface area (Å²) in [6.07, 6.45) is 3.19. The molecule has 8 heteroatoms. The molecule has 3 heterocycles. The Morgan fingerprint density at radius 1 is 0.926 bits per heavy atom. The van der Waals surface area contributed by atoms with Crippen molar-refractivity contribution in [3.63, 3.8) is 0 Å². The number of nitrogens with zero attached hydrogens (tertiary/aromatic N) is 4. The Bertz CT molecular complexity index is 959. The molecule has 0 N–H and O–H groups in total. The molecule has 3 aromatic rings. The predicted molar refractivity (Wildman–Crippen MR) is 99.1 cm³/mol. The molecule has 1 aromatic carbocycles. The Hall–Kier alpha value is -3.06. The van der Waals surface area contributed by atoms with Gasteiger partial charge in [0.2, 0.25) is 0 Å². The molecule has 0 spiro atoms. The number of aromatic nitrogens is 2. The van der Waals surface area contributed by atoms with E-state index in [9.17, 15) is 9.59 Å². The van der Waals surface area contributed by atoms with Gasteiger partial charge < -0.3 is 14.2 Å². The largest absolute Gasteiger partial charge is 0.459 e. The van der Waals surface area contributed by atoms with Crippen LogP contribution < -0.4 is 0 Å². The van der Waals surface area contributed by atoms with E-state index in [1.165, 1.54) is 6.26 Å². The summed E-state index contributed by atoms with van der Waals surface area (Å²) in [5, 5.41) is 4.92. The van der Waals surface area contributed by atoms with Crippen molar-refractivity contribution < 1.29 is 14.0 Å². The molecule has 7 nitrogen and oxygen atoms in total. The fourth-order valence-corrected chi connectivity index (χ4v) is 3.26. The fraction of sp³-hybridized carbons (Fsp3) is 0.211. The van der Waals surface area contributed by atoms with Crippen LogP contribution in [0.25, 0.3) is 5.69 Å². The van der Waals surface area contributed by atoms with Crippen LogP contribution in [0.15, 0.2) is 59.3 Å². The van der Waals surface area contributed by atoms with Gasteiger partial charge in [-0.1, -0.05) is 23.7 Å². The van der Waals surface area contributed by atoms with E-state index in [1.807, 2.05) is 18.2 Å². The number of piperazine rings is 1. The third-order valence-corrected chi connectivity index (χ3v) is 4.81. The van der Waals surface area contributed by atoms with Crippen LogP contribution in [-0.2, 0) is 0 Å². The maximum absolute atomic E-state index is 12.7. The van der Waals surface area contributed by atoms with Crippen molar-refractivity contribution in [3.8, 4) is 5.69 Å². The number of carbonyl (C=O) groups excluding carboxylic acids is 2. The SMILES string of the molecule is O=C(c1ccn(-c2ccccc2Cl)n1)N1CCN(C(=O)c2ccco2)CC1. The topological polar surface area (TPSA) is 71.6 Å². The van der Waals surface area contributed by atoms with E-state index >= 15 is 0 Å². The molecule has 0 radical (unpaired) electrons. The minimum Gasteiger partial charge on any atom is -0.459 e. The van der Waals surface area contributed by atoms with Gasteiger partial charge >= 0.3 is 0 Å². The highest BCUT2D eigenvalue weighted by atomic mass is 35.5. The maximum Gasteiger partial charge on any atom is 0.289 e. The second kappa shape index (κ2) is 7.28. The second-order valence-electron chi connectivity index (χ2n) is 6.16. The van der Waals surface area contributed by atoms with E-state index in [-0.39, 0.29) is 11.8 Å². The normalized spacial score (nSPS) is 14.4. The molecule has 0 aliphatic carbocycles. The molecule has 1 aliphatic heterocycles. The van der Waals surface area contributed by atoms with Gasteiger partial charge in [-0.05, 0) is 30.3 Å². The number of furan rings is 1. The molecule has 27 heavy (non-hydrogen) atoms.